The summed E-state index contributed by atoms with van der Waals surface area (Å²) in [6.45, 7) is 2.68. The minimum absolute atomic E-state index is 0.291. The monoisotopic (exact) mass is 398 g/mol. The third-order valence-electron chi connectivity index (χ3n) is 5.14. The number of sulfonamides is 1. The molecule has 0 saturated heterocycles. The minimum Gasteiger partial charge on any atom is -0.361 e. The highest BCUT2D eigenvalue weighted by Gasteiger charge is 2.24. The Labute approximate surface area is 164 Å². The maximum Gasteiger partial charge on any atom is 0.243 e. The van der Waals surface area contributed by atoms with E-state index in [-0.39, 0.29) is 5.82 Å². The van der Waals surface area contributed by atoms with Gasteiger partial charge in [0.2, 0.25) is 10.0 Å². The number of hydrogen-bond acceptors (Lipinski definition) is 2. The number of aryl methyl sites for hydroxylation is 1. The van der Waals surface area contributed by atoms with E-state index < -0.39 is 10.0 Å². The number of aromatic amines is 1. The first-order valence-electron chi connectivity index (χ1n) is 9.44. The molecule has 0 aliphatic heterocycles. The molecule has 0 bridgehead atoms. The van der Waals surface area contributed by atoms with Gasteiger partial charge in [-0.15, -0.1) is 0 Å². The lowest BCUT2D eigenvalue weighted by atomic mass is 10.1. The summed E-state index contributed by atoms with van der Waals surface area (Å²) in [6.07, 6.45) is 6.54. The molecule has 0 spiro atoms. The Balaban J connectivity index is 1.58. The molecule has 1 heterocycles. The Bertz CT molecular complexity index is 1130. The van der Waals surface area contributed by atoms with E-state index in [1.165, 1.54) is 22.0 Å². The number of H-pyrrole nitrogens is 1. The predicted molar refractivity (Wildman–Crippen MR) is 109 cm³/mol. The maximum atomic E-state index is 13.4. The van der Waals surface area contributed by atoms with Gasteiger partial charge in [0.25, 0.3) is 0 Å². The van der Waals surface area contributed by atoms with E-state index in [2.05, 4.69) is 4.98 Å². The number of halogens is 1. The second-order valence-electron chi connectivity index (χ2n) is 7.29. The molecule has 1 fully saturated rings. The molecule has 146 valence electrons. The molecule has 1 aliphatic carbocycles. The molecule has 0 atom stereocenters. The number of nitrogens with zero attached hydrogens (tertiary/aromatic N) is 1. The largest absolute Gasteiger partial charge is 0.361 e. The van der Waals surface area contributed by atoms with Crippen molar-refractivity contribution in [3.63, 3.8) is 0 Å². The van der Waals surface area contributed by atoms with Gasteiger partial charge in [-0.05, 0) is 62.1 Å². The molecule has 1 N–H and O–H groups in total. The van der Waals surface area contributed by atoms with Crippen LogP contribution in [0.4, 0.5) is 4.39 Å². The highest BCUT2D eigenvalue weighted by atomic mass is 32.2. The van der Waals surface area contributed by atoms with Gasteiger partial charge in [0, 0.05) is 30.2 Å². The van der Waals surface area contributed by atoms with E-state index in [0.29, 0.717) is 24.4 Å². The molecule has 1 aliphatic rings. The highest BCUT2D eigenvalue weighted by Crippen LogP contribution is 2.28. The number of allylic oxidation sites excluding steroid dienone is 1. The van der Waals surface area contributed by atoms with Crippen LogP contribution >= 0.6 is 0 Å². The summed E-state index contributed by atoms with van der Waals surface area (Å²) in [6, 6.07) is 11.6. The molecule has 0 amide bonds. The number of fused-ring (bicyclic) bond motifs is 1. The van der Waals surface area contributed by atoms with E-state index in [0.717, 1.165) is 34.9 Å². The fourth-order valence-electron chi connectivity index (χ4n) is 3.29. The summed E-state index contributed by atoms with van der Waals surface area (Å²) < 4.78 is 41.3. The smallest absolute Gasteiger partial charge is 0.243 e. The molecule has 28 heavy (non-hydrogen) atoms. The van der Waals surface area contributed by atoms with Crippen molar-refractivity contribution >= 4 is 20.9 Å². The van der Waals surface area contributed by atoms with Crippen LogP contribution in [0.25, 0.3) is 10.9 Å². The fraction of sp³-hybridized carbons (Fsp3) is 0.273. The summed E-state index contributed by atoms with van der Waals surface area (Å²) in [7, 11) is -3.58. The molecule has 1 aromatic heterocycles. The first kappa shape index (κ1) is 18.9. The maximum absolute atomic E-state index is 13.4. The lowest BCUT2D eigenvalue weighted by Crippen LogP contribution is -2.33. The van der Waals surface area contributed by atoms with Gasteiger partial charge in [-0.2, -0.15) is 4.31 Å². The average molecular weight is 399 g/mol. The van der Waals surface area contributed by atoms with Crippen molar-refractivity contribution in [2.24, 2.45) is 0 Å². The lowest BCUT2D eigenvalue weighted by Gasteiger charge is -2.21. The van der Waals surface area contributed by atoms with Crippen LogP contribution < -0.4 is 0 Å². The summed E-state index contributed by atoms with van der Waals surface area (Å²) in [5, 5.41) is 0.926. The van der Waals surface area contributed by atoms with Crippen LogP contribution in [0.3, 0.4) is 0 Å². The van der Waals surface area contributed by atoms with Crippen LogP contribution in [0.2, 0.25) is 0 Å². The Morgan fingerprint density at radius 3 is 2.61 bits per heavy atom. The van der Waals surface area contributed by atoms with Gasteiger partial charge < -0.3 is 4.98 Å². The number of hydrogen-bond donors (Lipinski definition) is 1. The average Bonchev–Trinajstić information content (AvgIpc) is 3.41. The molecule has 6 heteroatoms. The Morgan fingerprint density at radius 1 is 1.14 bits per heavy atom. The van der Waals surface area contributed by atoms with Crippen molar-refractivity contribution in [1.82, 2.24) is 9.29 Å². The van der Waals surface area contributed by atoms with Gasteiger partial charge in [0.05, 0.1) is 4.90 Å². The third-order valence-corrected chi connectivity index (χ3v) is 7.02. The summed E-state index contributed by atoms with van der Waals surface area (Å²) in [5.74, 6) is -0.291. The van der Waals surface area contributed by atoms with Gasteiger partial charge in [0.1, 0.15) is 5.82 Å². The van der Waals surface area contributed by atoms with Crippen molar-refractivity contribution in [3.05, 3.63) is 77.3 Å². The van der Waals surface area contributed by atoms with Gasteiger partial charge in [-0.1, -0.05) is 29.3 Å². The molecular weight excluding hydrogens is 375 g/mol. The molecular formula is C22H23FN2O2S. The normalized spacial score (nSPS) is 14.0. The predicted octanol–water partition coefficient (Wildman–Crippen LogP) is 4.57. The van der Waals surface area contributed by atoms with E-state index in [9.17, 15) is 12.8 Å². The summed E-state index contributed by atoms with van der Waals surface area (Å²) in [4.78, 5) is 3.38. The number of benzene rings is 2. The van der Waals surface area contributed by atoms with Crippen LogP contribution in [0.1, 0.15) is 24.0 Å². The third kappa shape index (κ3) is 4.03. The molecule has 1 saturated carbocycles. The zero-order valence-electron chi connectivity index (χ0n) is 15.8. The van der Waals surface area contributed by atoms with Crippen molar-refractivity contribution in [1.29, 1.82) is 0 Å². The van der Waals surface area contributed by atoms with E-state index in [1.807, 2.05) is 31.3 Å². The van der Waals surface area contributed by atoms with Crippen molar-refractivity contribution in [2.45, 2.75) is 31.1 Å². The Hall–Kier alpha value is -2.44. The molecule has 3 aromatic rings. The zero-order chi connectivity index (χ0) is 19.7. The number of aromatic nitrogens is 1. The quantitative estimate of drug-likeness (QED) is 0.593. The van der Waals surface area contributed by atoms with Gasteiger partial charge in [-0.25, -0.2) is 12.8 Å². The Kier molecular flexibility index (Phi) is 5.08. The Morgan fingerprint density at radius 2 is 1.89 bits per heavy atom. The van der Waals surface area contributed by atoms with Gasteiger partial charge in [0.15, 0.2) is 0 Å². The molecule has 4 rings (SSSR count). The van der Waals surface area contributed by atoms with Crippen molar-refractivity contribution < 1.29 is 12.8 Å². The van der Waals surface area contributed by atoms with Crippen LogP contribution in [0, 0.1) is 12.7 Å². The standard InChI is InChI=1S/C22H23FN2O2S/c1-16-2-7-20(8-3-16)28(26,27)25(12-10-17-4-5-17)13-11-18-15-24-22-14-19(23)6-9-21(18)22/h2-3,6-10,14-15,24H,4-5,11-13H2,1H3. The zero-order valence-corrected chi connectivity index (χ0v) is 16.6. The van der Waals surface area contributed by atoms with Crippen molar-refractivity contribution in [2.75, 3.05) is 13.1 Å². The van der Waals surface area contributed by atoms with E-state index >= 15 is 0 Å². The SMILES string of the molecule is Cc1ccc(S(=O)(=O)N(CC=C2CC2)CCc2c[nH]c3cc(F)ccc23)cc1. The van der Waals surface area contributed by atoms with Crippen molar-refractivity contribution in [3.8, 4) is 0 Å². The summed E-state index contributed by atoms with van der Waals surface area (Å²) >= 11 is 0. The molecule has 0 unspecified atom stereocenters. The molecule has 0 radical (unpaired) electrons. The topological polar surface area (TPSA) is 53.2 Å². The second kappa shape index (κ2) is 7.53. The second-order valence-corrected chi connectivity index (χ2v) is 9.23. The first-order valence-corrected chi connectivity index (χ1v) is 10.9. The highest BCUT2D eigenvalue weighted by molar-refractivity contribution is 7.89. The van der Waals surface area contributed by atoms with Crippen LogP contribution in [-0.2, 0) is 16.4 Å². The van der Waals surface area contributed by atoms with E-state index in [1.54, 1.807) is 18.2 Å². The first-order chi connectivity index (χ1) is 13.4. The minimum atomic E-state index is -3.58. The molecule has 2 aromatic carbocycles. The number of rotatable bonds is 7. The van der Waals surface area contributed by atoms with Crippen LogP contribution in [0.5, 0.6) is 0 Å². The fourth-order valence-corrected chi connectivity index (χ4v) is 4.67. The summed E-state index contributed by atoms with van der Waals surface area (Å²) in [5.41, 5.74) is 4.05. The number of nitrogens with one attached hydrogen (secondary N) is 1. The molecule has 4 nitrogen and oxygen atoms in total. The van der Waals surface area contributed by atoms with Gasteiger partial charge in [-0.3, -0.25) is 0 Å². The van der Waals surface area contributed by atoms with Crippen LogP contribution in [-0.4, -0.2) is 30.8 Å². The lowest BCUT2D eigenvalue weighted by molar-refractivity contribution is 0.445. The van der Waals surface area contributed by atoms with Gasteiger partial charge >= 0.3 is 0 Å². The van der Waals surface area contributed by atoms with E-state index in [4.69, 9.17) is 0 Å². The van der Waals surface area contributed by atoms with Crippen LogP contribution in [0.15, 0.2) is 65.2 Å².